The Balaban J connectivity index is 1.63. The van der Waals surface area contributed by atoms with Crippen molar-refractivity contribution in [2.75, 3.05) is 22.7 Å². The van der Waals surface area contributed by atoms with Crippen LogP contribution < -0.4 is 19.7 Å². The van der Waals surface area contributed by atoms with Gasteiger partial charge in [0.2, 0.25) is 11.5 Å². The Kier molecular flexibility index (Phi) is 7.84. The second-order valence-corrected chi connectivity index (χ2v) is 11.9. The fraction of sp³-hybridized carbons (Fsp3) is 0.417. The molecular formula is C24H23ClF5N3O6S. The Morgan fingerprint density at radius 1 is 1.18 bits per heavy atom. The number of fused-ring (bicyclic) bond motifs is 1. The number of halogens is 6. The van der Waals surface area contributed by atoms with Gasteiger partial charge in [-0.05, 0) is 56.7 Å². The molecule has 40 heavy (non-hydrogen) atoms. The topological polar surface area (TPSA) is 114 Å². The molecule has 0 bridgehead atoms. The highest BCUT2D eigenvalue weighted by atomic mass is 35.5. The van der Waals surface area contributed by atoms with E-state index in [1.165, 1.54) is 12.1 Å². The molecule has 218 valence electrons. The molecule has 1 heterocycles. The SMILES string of the molecule is CC(C)(OC(=O)Nc1ccc2c(c1)N(S(=O)(=O)c1ccc(F)c(Cl)c1)CC(CNC(=O)C1CC1F)O2)C(F)(F)F. The van der Waals surface area contributed by atoms with Crippen LogP contribution in [0.25, 0.3) is 0 Å². The van der Waals surface area contributed by atoms with E-state index < -0.39 is 67.7 Å². The van der Waals surface area contributed by atoms with E-state index in [4.69, 9.17) is 16.3 Å². The number of alkyl halides is 4. The molecule has 16 heteroatoms. The lowest BCUT2D eigenvalue weighted by atomic mass is 10.1. The molecule has 3 atom stereocenters. The molecule has 4 rings (SSSR count). The number of nitrogens with zero attached hydrogens (tertiary/aromatic N) is 1. The number of ether oxygens (including phenoxy) is 2. The number of carbonyl (C=O) groups is 2. The number of carbonyl (C=O) groups excluding carboxylic acids is 2. The summed E-state index contributed by atoms with van der Waals surface area (Å²) in [4.78, 5) is 23.9. The van der Waals surface area contributed by atoms with Gasteiger partial charge in [-0.25, -0.2) is 22.0 Å². The van der Waals surface area contributed by atoms with Gasteiger partial charge < -0.3 is 14.8 Å². The Hall–Kier alpha value is -3.33. The molecular weight excluding hydrogens is 589 g/mol. The lowest BCUT2D eigenvalue weighted by molar-refractivity contribution is -0.242. The summed E-state index contributed by atoms with van der Waals surface area (Å²) in [6.07, 6.45) is -8.41. The van der Waals surface area contributed by atoms with E-state index in [1.807, 2.05) is 0 Å². The minimum Gasteiger partial charge on any atom is -0.484 e. The van der Waals surface area contributed by atoms with Gasteiger partial charge in [0.15, 0.2) is 0 Å². The lowest BCUT2D eigenvalue weighted by Gasteiger charge is -2.36. The Morgan fingerprint density at radius 2 is 1.85 bits per heavy atom. The third-order valence-electron chi connectivity index (χ3n) is 6.20. The van der Waals surface area contributed by atoms with Crippen LogP contribution in [-0.2, 0) is 19.6 Å². The Labute approximate surface area is 230 Å². The lowest BCUT2D eigenvalue weighted by Crippen LogP contribution is -2.48. The highest BCUT2D eigenvalue weighted by Crippen LogP contribution is 2.40. The largest absolute Gasteiger partial charge is 0.484 e. The van der Waals surface area contributed by atoms with Crippen molar-refractivity contribution in [2.24, 2.45) is 5.92 Å². The summed E-state index contributed by atoms with van der Waals surface area (Å²) in [6, 6.07) is 6.35. The van der Waals surface area contributed by atoms with Crippen molar-refractivity contribution in [3.05, 3.63) is 47.2 Å². The van der Waals surface area contributed by atoms with Gasteiger partial charge in [0, 0.05) is 5.69 Å². The molecule has 1 aliphatic heterocycles. The van der Waals surface area contributed by atoms with E-state index >= 15 is 0 Å². The molecule has 0 spiro atoms. The van der Waals surface area contributed by atoms with E-state index in [0.29, 0.717) is 13.8 Å². The van der Waals surface area contributed by atoms with Gasteiger partial charge in [-0.3, -0.25) is 14.4 Å². The maximum absolute atomic E-state index is 13.7. The second kappa shape index (κ2) is 10.6. The Bertz CT molecular complexity index is 1440. The van der Waals surface area contributed by atoms with E-state index in [9.17, 15) is 40.0 Å². The molecule has 2 aliphatic rings. The predicted molar refractivity (Wildman–Crippen MR) is 133 cm³/mol. The summed E-state index contributed by atoms with van der Waals surface area (Å²) < 4.78 is 105. The van der Waals surface area contributed by atoms with E-state index in [1.54, 1.807) is 0 Å². The zero-order valence-electron chi connectivity index (χ0n) is 20.9. The number of amides is 2. The van der Waals surface area contributed by atoms with Crippen molar-refractivity contribution < 1.29 is 49.4 Å². The molecule has 2 aromatic carbocycles. The molecule has 0 saturated heterocycles. The van der Waals surface area contributed by atoms with Crippen molar-refractivity contribution in [1.82, 2.24) is 5.32 Å². The predicted octanol–water partition coefficient (Wildman–Crippen LogP) is 4.80. The minimum atomic E-state index is -4.86. The van der Waals surface area contributed by atoms with E-state index in [-0.39, 0.29) is 36.6 Å². The van der Waals surface area contributed by atoms with E-state index in [2.05, 4.69) is 15.4 Å². The standard InChI is InChI=1S/C24H23ClF5N3O6S/c1-23(2,24(28,29)30)39-22(35)32-12-3-6-20-19(7-12)33(40(36,37)14-4-5-17(26)16(25)8-14)11-13(38-20)10-31-21(34)15-9-18(15)27/h3-8,13,15,18H,9-11H2,1-2H3,(H,31,34)(H,32,35). The van der Waals surface area contributed by atoms with Crippen LogP contribution in [0.3, 0.4) is 0 Å². The van der Waals surface area contributed by atoms with Crippen molar-refractivity contribution in [3.8, 4) is 5.75 Å². The zero-order valence-corrected chi connectivity index (χ0v) is 22.5. The number of rotatable bonds is 7. The molecule has 3 unspecified atom stereocenters. The van der Waals surface area contributed by atoms with Gasteiger partial charge in [0.25, 0.3) is 10.0 Å². The fourth-order valence-electron chi connectivity index (χ4n) is 3.70. The van der Waals surface area contributed by atoms with E-state index in [0.717, 1.165) is 28.6 Å². The van der Waals surface area contributed by atoms with Crippen molar-refractivity contribution in [1.29, 1.82) is 0 Å². The first-order chi connectivity index (χ1) is 18.5. The van der Waals surface area contributed by atoms with Crippen molar-refractivity contribution in [2.45, 2.75) is 49.2 Å². The van der Waals surface area contributed by atoms with Gasteiger partial charge in [0.1, 0.15) is 23.8 Å². The van der Waals surface area contributed by atoms with Crippen molar-refractivity contribution >= 4 is 45.0 Å². The zero-order chi connectivity index (χ0) is 29.6. The van der Waals surface area contributed by atoms with Crippen LogP contribution in [0.4, 0.5) is 38.1 Å². The summed E-state index contributed by atoms with van der Waals surface area (Å²) in [5.74, 6) is -2.22. The summed E-state index contributed by atoms with van der Waals surface area (Å²) in [5, 5.41) is 4.17. The third kappa shape index (κ3) is 6.19. The monoisotopic (exact) mass is 611 g/mol. The first-order valence-corrected chi connectivity index (χ1v) is 13.6. The highest BCUT2D eigenvalue weighted by molar-refractivity contribution is 7.92. The van der Waals surface area contributed by atoms with Crippen LogP contribution >= 0.6 is 11.6 Å². The molecule has 2 aromatic rings. The number of sulfonamides is 1. The van der Waals surface area contributed by atoms with Gasteiger partial charge in [-0.15, -0.1) is 0 Å². The molecule has 1 aliphatic carbocycles. The number of hydrogen-bond donors (Lipinski definition) is 2. The molecule has 9 nitrogen and oxygen atoms in total. The molecule has 2 amide bonds. The highest BCUT2D eigenvalue weighted by Gasteiger charge is 2.51. The first kappa shape index (κ1) is 29.6. The molecule has 0 radical (unpaired) electrons. The Morgan fingerprint density at radius 3 is 2.45 bits per heavy atom. The average Bonchev–Trinajstić information content (AvgIpc) is 3.59. The minimum absolute atomic E-state index is 0.0217. The van der Waals surface area contributed by atoms with Crippen LogP contribution in [0.5, 0.6) is 5.75 Å². The number of nitrogens with one attached hydrogen (secondary N) is 2. The summed E-state index contributed by atoms with van der Waals surface area (Å²) in [6.45, 7) is 0.746. The van der Waals surface area contributed by atoms with Gasteiger partial charge in [-0.2, -0.15) is 13.2 Å². The normalized spacial score (nSPS) is 20.7. The molecule has 1 saturated carbocycles. The first-order valence-electron chi connectivity index (χ1n) is 11.8. The maximum Gasteiger partial charge on any atom is 0.427 e. The smallest absolute Gasteiger partial charge is 0.427 e. The molecule has 0 aromatic heterocycles. The van der Waals surface area contributed by atoms with Crippen LogP contribution in [0.1, 0.15) is 20.3 Å². The summed E-state index contributed by atoms with van der Waals surface area (Å²) >= 11 is 5.78. The fourth-order valence-corrected chi connectivity index (χ4v) is 5.47. The van der Waals surface area contributed by atoms with Gasteiger partial charge in [-0.1, -0.05) is 11.6 Å². The quantitative estimate of drug-likeness (QED) is 0.435. The van der Waals surface area contributed by atoms with Crippen LogP contribution in [0, 0.1) is 11.7 Å². The number of hydrogen-bond acceptors (Lipinski definition) is 6. The third-order valence-corrected chi connectivity index (χ3v) is 8.27. The molecule has 1 fully saturated rings. The van der Waals surface area contributed by atoms with Gasteiger partial charge in [0.05, 0.1) is 34.6 Å². The molecule has 2 N–H and O–H groups in total. The van der Waals surface area contributed by atoms with Crippen molar-refractivity contribution in [3.63, 3.8) is 0 Å². The summed E-state index contributed by atoms with van der Waals surface area (Å²) in [7, 11) is -4.46. The maximum atomic E-state index is 13.7. The van der Waals surface area contributed by atoms with Crippen LogP contribution in [-0.4, -0.2) is 57.6 Å². The number of anilines is 2. The van der Waals surface area contributed by atoms with Gasteiger partial charge >= 0.3 is 12.3 Å². The second-order valence-electron chi connectivity index (χ2n) is 9.66. The van der Waals surface area contributed by atoms with Crippen LogP contribution in [0.15, 0.2) is 41.3 Å². The summed E-state index contributed by atoms with van der Waals surface area (Å²) in [5.41, 5.74) is -3.06. The van der Waals surface area contributed by atoms with Crippen LogP contribution in [0.2, 0.25) is 5.02 Å². The number of benzene rings is 2. The average molecular weight is 612 g/mol.